The van der Waals surface area contributed by atoms with E-state index < -0.39 is 9.84 Å². The summed E-state index contributed by atoms with van der Waals surface area (Å²) in [5, 5.41) is 3.87. The van der Waals surface area contributed by atoms with Crippen LogP contribution in [0.5, 0.6) is 5.75 Å². The molecule has 0 fully saturated rings. The second-order valence-corrected chi connectivity index (χ2v) is 11.0. The van der Waals surface area contributed by atoms with E-state index in [2.05, 4.69) is 17.2 Å². The van der Waals surface area contributed by atoms with Crippen LogP contribution in [0.1, 0.15) is 40.6 Å². The highest BCUT2D eigenvalue weighted by atomic mass is 32.2. The van der Waals surface area contributed by atoms with Crippen molar-refractivity contribution in [2.45, 2.75) is 43.0 Å². The van der Waals surface area contributed by atoms with Crippen LogP contribution in [0, 0.1) is 6.92 Å². The molecule has 34 heavy (non-hydrogen) atoms. The fourth-order valence-corrected chi connectivity index (χ4v) is 5.95. The highest BCUT2D eigenvalue weighted by Gasteiger charge is 2.20. The Morgan fingerprint density at radius 1 is 1.09 bits per heavy atom. The summed E-state index contributed by atoms with van der Waals surface area (Å²) in [6.45, 7) is 4.77. The second kappa shape index (κ2) is 10.4. The summed E-state index contributed by atoms with van der Waals surface area (Å²) in [6, 6.07) is 15.4. The average Bonchev–Trinajstić information content (AvgIpc) is 3.27. The van der Waals surface area contributed by atoms with E-state index in [1.165, 1.54) is 11.3 Å². The van der Waals surface area contributed by atoms with E-state index in [1.807, 2.05) is 12.1 Å². The van der Waals surface area contributed by atoms with Crippen LogP contribution in [-0.2, 0) is 16.4 Å². The Hall–Kier alpha value is -3.23. The number of nitrogens with one attached hydrogen (secondary N) is 1. The predicted octanol–water partition coefficient (Wildman–Crippen LogP) is 5.55. The van der Waals surface area contributed by atoms with Crippen molar-refractivity contribution in [3.8, 4) is 5.75 Å². The third-order valence-electron chi connectivity index (χ3n) is 5.44. The SMILES string of the molecule is CCCCOc1ccc(S(=O)(=O)c2ccc(CNC(=O)c3cc4ccncc4s3)cc2)c(C)c1. The summed E-state index contributed by atoms with van der Waals surface area (Å²) in [4.78, 5) is 17.7. The van der Waals surface area contributed by atoms with Crippen molar-refractivity contribution >= 4 is 37.2 Å². The number of unbranched alkanes of at least 4 members (excludes halogenated alkanes) is 1. The maximum atomic E-state index is 13.2. The number of carbonyl (C=O) groups is 1. The van der Waals surface area contributed by atoms with Gasteiger partial charge in [0.05, 0.1) is 26.0 Å². The fraction of sp³-hybridized carbons (Fsp3) is 0.231. The topological polar surface area (TPSA) is 85.4 Å². The van der Waals surface area contributed by atoms with E-state index >= 15 is 0 Å². The third-order valence-corrected chi connectivity index (χ3v) is 8.45. The first kappa shape index (κ1) is 23.9. The number of aryl methyl sites for hydroxylation is 1. The van der Waals surface area contributed by atoms with E-state index in [0.717, 1.165) is 28.5 Å². The molecule has 0 atom stereocenters. The lowest BCUT2D eigenvalue weighted by Gasteiger charge is -2.11. The van der Waals surface area contributed by atoms with Crippen LogP contribution in [0.25, 0.3) is 10.1 Å². The van der Waals surface area contributed by atoms with Gasteiger partial charge in [0, 0.05) is 18.9 Å². The number of hydrogen-bond donors (Lipinski definition) is 1. The molecule has 8 heteroatoms. The molecule has 2 aromatic heterocycles. The molecule has 4 rings (SSSR count). The van der Waals surface area contributed by atoms with Gasteiger partial charge in [0.2, 0.25) is 9.84 Å². The van der Waals surface area contributed by atoms with Crippen LogP contribution >= 0.6 is 11.3 Å². The van der Waals surface area contributed by atoms with E-state index in [1.54, 1.807) is 61.8 Å². The molecule has 0 spiro atoms. The van der Waals surface area contributed by atoms with Crippen molar-refractivity contribution < 1.29 is 17.9 Å². The van der Waals surface area contributed by atoms with Gasteiger partial charge in [-0.3, -0.25) is 9.78 Å². The molecule has 176 valence electrons. The Labute approximate surface area is 203 Å². The van der Waals surface area contributed by atoms with Crippen molar-refractivity contribution in [1.29, 1.82) is 0 Å². The standard InChI is InChI=1S/C26H26N2O4S2/c1-3-4-13-32-21-7-10-25(18(2)14-21)34(30,31)22-8-5-19(6-9-22)16-28-26(29)23-15-20-11-12-27-17-24(20)33-23/h5-12,14-15,17H,3-4,13,16H2,1-2H3,(H,28,29). The molecule has 1 N–H and O–H groups in total. The number of thiophene rings is 1. The quantitative estimate of drug-likeness (QED) is 0.309. The van der Waals surface area contributed by atoms with Gasteiger partial charge in [-0.25, -0.2) is 8.42 Å². The van der Waals surface area contributed by atoms with Crippen molar-refractivity contribution in [2.75, 3.05) is 6.61 Å². The zero-order valence-electron chi connectivity index (χ0n) is 19.1. The van der Waals surface area contributed by atoms with Gasteiger partial charge in [-0.15, -0.1) is 11.3 Å². The lowest BCUT2D eigenvalue weighted by molar-refractivity contribution is 0.0955. The number of rotatable bonds is 9. The Morgan fingerprint density at radius 2 is 1.88 bits per heavy atom. The summed E-state index contributed by atoms with van der Waals surface area (Å²) in [6.07, 6.45) is 5.43. The molecule has 1 amide bonds. The molecule has 0 saturated carbocycles. The molecular weight excluding hydrogens is 468 g/mol. The third kappa shape index (κ3) is 5.29. The van der Waals surface area contributed by atoms with Crippen LogP contribution in [0.4, 0.5) is 0 Å². The monoisotopic (exact) mass is 494 g/mol. The van der Waals surface area contributed by atoms with Gasteiger partial charge < -0.3 is 10.1 Å². The summed E-state index contributed by atoms with van der Waals surface area (Å²) < 4.78 is 33.0. The normalized spacial score (nSPS) is 11.5. The maximum Gasteiger partial charge on any atom is 0.261 e. The zero-order valence-corrected chi connectivity index (χ0v) is 20.7. The average molecular weight is 495 g/mol. The molecule has 2 aromatic carbocycles. The van der Waals surface area contributed by atoms with Crippen LogP contribution < -0.4 is 10.1 Å². The Balaban J connectivity index is 1.42. The largest absolute Gasteiger partial charge is 0.494 e. The van der Waals surface area contributed by atoms with E-state index in [0.29, 0.717) is 29.3 Å². The lowest BCUT2D eigenvalue weighted by atomic mass is 10.2. The summed E-state index contributed by atoms with van der Waals surface area (Å²) in [5.74, 6) is 0.501. The number of nitrogens with zero attached hydrogens (tertiary/aromatic N) is 1. The Kier molecular flexibility index (Phi) is 7.29. The van der Waals surface area contributed by atoms with Gasteiger partial charge in [-0.05, 0) is 72.3 Å². The van der Waals surface area contributed by atoms with Gasteiger partial charge in [0.25, 0.3) is 5.91 Å². The number of aromatic nitrogens is 1. The van der Waals surface area contributed by atoms with E-state index in [-0.39, 0.29) is 15.7 Å². The van der Waals surface area contributed by atoms with Crippen LogP contribution in [0.3, 0.4) is 0 Å². The molecule has 0 unspecified atom stereocenters. The highest BCUT2D eigenvalue weighted by molar-refractivity contribution is 7.91. The number of amides is 1. The van der Waals surface area contributed by atoms with Gasteiger partial charge >= 0.3 is 0 Å². The van der Waals surface area contributed by atoms with E-state index in [9.17, 15) is 13.2 Å². The van der Waals surface area contributed by atoms with E-state index in [4.69, 9.17) is 4.74 Å². The minimum absolute atomic E-state index is 0.172. The molecule has 2 heterocycles. The number of fused-ring (bicyclic) bond motifs is 1. The minimum Gasteiger partial charge on any atom is -0.494 e. The summed E-state index contributed by atoms with van der Waals surface area (Å²) >= 11 is 1.39. The lowest BCUT2D eigenvalue weighted by Crippen LogP contribution is -2.21. The molecule has 0 aliphatic carbocycles. The smallest absolute Gasteiger partial charge is 0.261 e. The molecule has 0 bridgehead atoms. The summed E-state index contributed by atoms with van der Waals surface area (Å²) in [7, 11) is -3.66. The number of ether oxygens (including phenoxy) is 1. The number of hydrogen-bond acceptors (Lipinski definition) is 6. The van der Waals surface area contributed by atoms with Gasteiger partial charge in [-0.2, -0.15) is 0 Å². The minimum atomic E-state index is -3.66. The molecule has 0 aliphatic heterocycles. The number of carbonyl (C=O) groups excluding carboxylic acids is 1. The van der Waals surface area contributed by atoms with Crippen molar-refractivity contribution in [2.24, 2.45) is 0 Å². The maximum absolute atomic E-state index is 13.2. The van der Waals surface area contributed by atoms with Crippen LogP contribution in [0.2, 0.25) is 0 Å². The zero-order chi connectivity index (χ0) is 24.1. The first-order valence-electron chi connectivity index (χ1n) is 11.1. The molecule has 0 saturated heterocycles. The second-order valence-electron chi connectivity index (χ2n) is 7.98. The fourth-order valence-electron chi connectivity index (χ4n) is 3.53. The number of benzene rings is 2. The van der Waals surface area contributed by atoms with Crippen LogP contribution in [-0.4, -0.2) is 25.9 Å². The van der Waals surface area contributed by atoms with Gasteiger partial charge in [-0.1, -0.05) is 25.5 Å². The first-order valence-corrected chi connectivity index (χ1v) is 13.4. The number of sulfone groups is 1. The van der Waals surface area contributed by atoms with Crippen molar-refractivity contribution in [1.82, 2.24) is 10.3 Å². The summed E-state index contributed by atoms with van der Waals surface area (Å²) in [5.41, 5.74) is 1.45. The molecular formula is C26H26N2O4S2. The van der Waals surface area contributed by atoms with Crippen molar-refractivity contribution in [3.05, 3.63) is 83.0 Å². The highest BCUT2D eigenvalue weighted by Crippen LogP contribution is 2.28. The number of pyridine rings is 1. The molecule has 0 radical (unpaired) electrons. The molecule has 0 aliphatic rings. The predicted molar refractivity (Wildman–Crippen MR) is 134 cm³/mol. The van der Waals surface area contributed by atoms with Gasteiger partial charge in [0.1, 0.15) is 5.75 Å². The Morgan fingerprint density at radius 3 is 2.59 bits per heavy atom. The van der Waals surface area contributed by atoms with Crippen LogP contribution in [0.15, 0.2) is 76.8 Å². The van der Waals surface area contributed by atoms with Gasteiger partial charge in [0.15, 0.2) is 0 Å². The first-order chi connectivity index (χ1) is 16.4. The molecule has 4 aromatic rings. The van der Waals surface area contributed by atoms with Crippen molar-refractivity contribution in [3.63, 3.8) is 0 Å². The molecule has 6 nitrogen and oxygen atoms in total. The Bertz CT molecular complexity index is 1380.